The van der Waals surface area contributed by atoms with Crippen LogP contribution in [-0.2, 0) is 16.8 Å². The molecular weight excluding hydrogens is 412 g/mol. The van der Waals surface area contributed by atoms with Crippen LogP contribution < -0.4 is 15.1 Å². The van der Waals surface area contributed by atoms with E-state index in [0.717, 1.165) is 30.2 Å². The first-order chi connectivity index (χ1) is 15.2. The quantitative estimate of drug-likeness (QED) is 0.492. The molecule has 31 heavy (non-hydrogen) atoms. The topological polar surface area (TPSA) is 87.4 Å². The highest BCUT2D eigenvalue weighted by Crippen LogP contribution is 2.45. The number of hydrogen-bond donors (Lipinski definition) is 1. The summed E-state index contributed by atoms with van der Waals surface area (Å²) >= 11 is 1.49. The number of rotatable bonds is 4. The predicted molar refractivity (Wildman–Crippen MR) is 121 cm³/mol. The number of para-hydroxylation sites is 1. The first-order valence-corrected chi connectivity index (χ1v) is 11.5. The summed E-state index contributed by atoms with van der Waals surface area (Å²) in [6.45, 7) is 1.95. The SMILES string of the molecule is CNc1nc(SC)nc2c1CN(c1cnoc1)C(=O)C21CCN(c2ccccc2)CC1. The molecular formula is C22H24N6O2S. The largest absolute Gasteiger partial charge is 0.373 e. The maximum absolute atomic E-state index is 14.0. The lowest BCUT2D eigenvalue weighted by atomic mass is 9.70. The van der Waals surface area contributed by atoms with E-state index in [-0.39, 0.29) is 5.91 Å². The molecule has 160 valence electrons. The summed E-state index contributed by atoms with van der Waals surface area (Å²) in [7, 11) is 1.86. The summed E-state index contributed by atoms with van der Waals surface area (Å²) in [5.41, 5.74) is 2.97. The van der Waals surface area contributed by atoms with Crippen molar-refractivity contribution in [1.82, 2.24) is 15.1 Å². The van der Waals surface area contributed by atoms with Crippen molar-refractivity contribution in [3.05, 3.63) is 54.0 Å². The molecule has 5 rings (SSSR count). The van der Waals surface area contributed by atoms with Crippen LogP contribution in [0, 0.1) is 0 Å². The molecule has 1 fully saturated rings. The number of aromatic nitrogens is 3. The Hall–Kier alpha value is -3.07. The number of thioether (sulfide) groups is 1. The van der Waals surface area contributed by atoms with Crippen molar-refractivity contribution < 1.29 is 9.32 Å². The minimum atomic E-state index is -0.699. The maximum atomic E-state index is 14.0. The number of amides is 1. The van der Waals surface area contributed by atoms with E-state index in [0.29, 0.717) is 30.2 Å². The van der Waals surface area contributed by atoms with Crippen LogP contribution in [0.5, 0.6) is 0 Å². The number of benzene rings is 1. The molecule has 2 aliphatic heterocycles. The highest BCUT2D eigenvalue weighted by Gasteiger charge is 2.52. The van der Waals surface area contributed by atoms with Gasteiger partial charge in [-0.1, -0.05) is 35.1 Å². The summed E-state index contributed by atoms with van der Waals surface area (Å²) in [5.74, 6) is 0.830. The van der Waals surface area contributed by atoms with Crippen LogP contribution in [0.15, 0.2) is 52.5 Å². The molecule has 3 aromatic rings. The van der Waals surface area contributed by atoms with Crippen molar-refractivity contribution in [2.45, 2.75) is 30.0 Å². The monoisotopic (exact) mass is 436 g/mol. The average Bonchev–Trinajstić information content (AvgIpc) is 3.36. The zero-order valence-electron chi connectivity index (χ0n) is 17.5. The van der Waals surface area contributed by atoms with Gasteiger partial charge in [0.2, 0.25) is 5.91 Å². The molecule has 1 aromatic carbocycles. The van der Waals surface area contributed by atoms with Gasteiger partial charge in [0.05, 0.1) is 23.9 Å². The lowest BCUT2D eigenvalue weighted by Gasteiger charge is -2.46. The second-order valence-electron chi connectivity index (χ2n) is 7.81. The number of fused-ring (bicyclic) bond motifs is 2. The van der Waals surface area contributed by atoms with E-state index in [2.05, 4.69) is 32.5 Å². The third-order valence-electron chi connectivity index (χ3n) is 6.30. The smallest absolute Gasteiger partial charge is 0.239 e. The van der Waals surface area contributed by atoms with E-state index in [1.807, 2.05) is 31.5 Å². The van der Waals surface area contributed by atoms with Crippen LogP contribution in [0.25, 0.3) is 0 Å². The van der Waals surface area contributed by atoms with Gasteiger partial charge in [-0.25, -0.2) is 9.97 Å². The lowest BCUT2D eigenvalue weighted by Crippen LogP contribution is -2.57. The molecule has 1 N–H and O–H groups in total. The van der Waals surface area contributed by atoms with Gasteiger partial charge in [-0.05, 0) is 31.2 Å². The number of anilines is 3. The highest BCUT2D eigenvalue weighted by molar-refractivity contribution is 7.98. The molecule has 0 unspecified atom stereocenters. The van der Waals surface area contributed by atoms with Crippen molar-refractivity contribution in [3.8, 4) is 0 Å². The Balaban J connectivity index is 1.59. The molecule has 0 radical (unpaired) electrons. The normalized spacial score (nSPS) is 17.7. The van der Waals surface area contributed by atoms with Gasteiger partial charge in [0.15, 0.2) is 5.16 Å². The van der Waals surface area contributed by atoms with Crippen molar-refractivity contribution in [3.63, 3.8) is 0 Å². The van der Waals surface area contributed by atoms with Crippen LogP contribution in [-0.4, -0.2) is 47.4 Å². The zero-order chi connectivity index (χ0) is 21.4. The number of hydrogen-bond acceptors (Lipinski definition) is 8. The maximum Gasteiger partial charge on any atom is 0.239 e. The van der Waals surface area contributed by atoms with E-state index >= 15 is 0 Å². The molecule has 0 atom stereocenters. The third-order valence-corrected chi connectivity index (χ3v) is 6.85. The Bertz CT molecular complexity index is 1080. The number of nitrogens with one attached hydrogen (secondary N) is 1. The molecule has 0 saturated carbocycles. The van der Waals surface area contributed by atoms with Gasteiger partial charge < -0.3 is 19.6 Å². The molecule has 0 aliphatic carbocycles. The Morgan fingerprint density at radius 3 is 2.55 bits per heavy atom. The van der Waals surface area contributed by atoms with Crippen molar-refractivity contribution in [2.24, 2.45) is 0 Å². The number of nitrogens with zero attached hydrogens (tertiary/aromatic N) is 5. The predicted octanol–water partition coefficient (Wildman–Crippen LogP) is 3.31. The van der Waals surface area contributed by atoms with E-state index < -0.39 is 5.41 Å². The van der Waals surface area contributed by atoms with Crippen molar-refractivity contribution in [1.29, 1.82) is 0 Å². The highest BCUT2D eigenvalue weighted by atomic mass is 32.2. The second-order valence-corrected chi connectivity index (χ2v) is 8.59. The summed E-state index contributed by atoms with van der Waals surface area (Å²) in [4.78, 5) is 27.6. The summed E-state index contributed by atoms with van der Waals surface area (Å²) < 4.78 is 5.05. The van der Waals surface area contributed by atoms with Gasteiger partial charge in [-0.3, -0.25) is 4.79 Å². The van der Waals surface area contributed by atoms with E-state index in [1.54, 1.807) is 11.1 Å². The van der Waals surface area contributed by atoms with Crippen LogP contribution in [0.3, 0.4) is 0 Å². The summed E-state index contributed by atoms with van der Waals surface area (Å²) in [6, 6.07) is 10.3. The van der Waals surface area contributed by atoms with Crippen molar-refractivity contribution >= 4 is 34.9 Å². The van der Waals surface area contributed by atoms with E-state index in [1.165, 1.54) is 23.7 Å². The Morgan fingerprint density at radius 1 is 1.13 bits per heavy atom. The molecule has 4 heterocycles. The van der Waals surface area contributed by atoms with Crippen LogP contribution in [0.1, 0.15) is 24.1 Å². The summed E-state index contributed by atoms with van der Waals surface area (Å²) in [6.07, 6.45) is 6.44. The van der Waals surface area contributed by atoms with Crippen LogP contribution >= 0.6 is 11.8 Å². The van der Waals surface area contributed by atoms with Crippen molar-refractivity contribution in [2.75, 3.05) is 41.5 Å². The molecule has 0 bridgehead atoms. The van der Waals surface area contributed by atoms with Gasteiger partial charge in [0, 0.05) is 31.4 Å². The molecule has 2 aromatic heterocycles. The fourth-order valence-electron chi connectivity index (χ4n) is 4.67. The summed E-state index contributed by atoms with van der Waals surface area (Å²) in [5, 5.41) is 7.71. The molecule has 9 heteroatoms. The van der Waals surface area contributed by atoms with Gasteiger partial charge in [-0.2, -0.15) is 0 Å². The number of carbonyl (C=O) groups is 1. The Morgan fingerprint density at radius 2 is 1.90 bits per heavy atom. The molecule has 1 amide bonds. The van der Waals surface area contributed by atoms with E-state index in [4.69, 9.17) is 9.51 Å². The standard InChI is InChI=1S/C22H24N6O2S/c1-23-19-17-13-28(16-12-24-30-14-16)20(29)22(18(17)25-21(26-19)31-2)8-10-27(11-9-22)15-6-4-3-5-7-15/h3-7,12,14H,8-11,13H2,1-2H3,(H,23,25,26). The average molecular weight is 437 g/mol. The molecule has 2 aliphatic rings. The van der Waals surface area contributed by atoms with Gasteiger partial charge in [-0.15, -0.1) is 0 Å². The first kappa shape index (κ1) is 19.9. The van der Waals surface area contributed by atoms with E-state index in [9.17, 15) is 4.79 Å². The molecule has 1 saturated heterocycles. The number of carbonyl (C=O) groups excluding carboxylic acids is 1. The first-order valence-electron chi connectivity index (χ1n) is 10.3. The minimum absolute atomic E-state index is 0.0590. The van der Waals surface area contributed by atoms with Crippen LogP contribution in [0.4, 0.5) is 17.2 Å². The fourth-order valence-corrected chi connectivity index (χ4v) is 5.04. The Labute approximate surface area is 185 Å². The lowest BCUT2D eigenvalue weighted by molar-refractivity contribution is -0.126. The zero-order valence-corrected chi connectivity index (χ0v) is 18.4. The van der Waals surface area contributed by atoms with Gasteiger partial charge in [0.25, 0.3) is 0 Å². The number of piperidine rings is 1. The van der Waals surface area contributed by atoms with Gasteiger partial charge >= 0.3 is 0 Å². The van der Waals surface area contributed by atoms with Gasteiger partial charge in [0.1, 0.15) is 17.8 Å². The fraction of sp³-hybridized carbons (Fsp3) is 0.364. The Kier molecular flexibility index (Phi) is 5.05. The minimum Gasteiger partial charge on any atom is -0.373 e. The molecule has 1 spiro atoms. The third kappa shape index (κ3) is 3.23. The molecule has 8 nitrogen and oxygen atoms in total. The second kappa shape index (κ2) is 7.88. The van der Waals surface area contributed by atoms with Crippen LogP contribution in [0.2, 0.25) is 0 Å².